The summed E-state index contributed by atoms with van der Waals surface area (Å²) in [5.41, 5.74) is 14.1. The van der Waals surface area contributed by atoms with E-state index in [9.17, 15) is 0 Å². The van der Waals surface area contributed by atoms with Gasteiger partial charge in [-0.25, -0.2) is 0 Å². The first-order valence-electron chi connectivity index (χ1n) is 18.1. The van der Waals surface area contributed by atoms with Crippen molar-refractivity contribution in [1.82, 2.24) is 0 Å². The molecule has 1 aliphatic rings. The van der Waals surface area contributed by atoms with Crippen molar-refractivity contribution in [2.45, 2.75) is 124 Å². The van der Waals surface area contributed by atoms with Crippen LogP contribution in [0.15, 0.2) is 97.1 Å². The molecule has 0 nitrogen and oxygen atoms in total. The van der Waals surface area contributed by atoms with Crippen molar-refractivity contribution in [2.24, 2.45) is 0 Å². The van der Waals surface area contributed by atoms with Gasteiger partial charge in [0.05, 0.1) is 0 Å². The molecule has 0 N–H and O–H groups in total. The van der Waals surface area contributed by atoms with E-state index in [4.69, 9.17) is 0 Å². The fraction of sp³-hybridized carbons (Fsp3) is 0.404. The molecule has 0 fully saturated rings. The second kappa shape index (κ2) is 12.5. The minimum Gasteiger partial charge on any atom is -0.0672 e. The van der Waals surface area contributed by atoms with Gasteiger partial charge >= 0.3 is 0 Å². The minimum absolute atomic E-state index is 0.0485. The predicted octanol–water partition coefficient (Wildman–Crippen LogP) is 13.6. The van der Waals surface area contributed by atoms with E-state index in [0.717, 1.165) is 6.04 Å². The van der Waals surface area contributed by atoms with E-state index in [1.165, 1.54) is 55.7 Å². The van der Waals surface area contributed by atoms with Gasteiger partial charge in [0, 0.05) is 0 Å². The van der Waals surface area contributed by atoms with Crippen molar-refractivity contribution in [1.29, 1.82) is 0 Å². The summed E-state index contributed by atoms with van der Waals surface area (Å²) in [6.07, 6.45) is 0. The summed E-state index contributed by atoms with van der Waals surface area (Å²) >= 11 is 0. The SMILES string of the molecule is CC[Si]1(C)C(c2cccc(C(C)(C)C)c2)=C(c2cccc(C(C)(C)C)c2)C(c2cccc(C(C)(C)C)c2)=C1c1cccc(C(C)(C)C)c1. The van der Waals surface area contributed by atoms with Crippen molar-refractivity contribution in [3.63, 3.8) is 0 Å². The Morgan fingerprint density at radius 2 is 0.646 bits per heavy atom. The zero-order chi connectivity index (χ0) is 35.4. The molecule has 0 saturated carbocycles. The van der Waals surface area contributed by atoms with Crippen LogP contribution in [0.1, 0.15) is 135 Å². The first-order chi connectivity index (χ1) is 22.2. The third-order valence-electron chi connectivity index (χ3n) is 10.6. The highest BCUT2D eigenvalue weighted by atomic mass is 28.3. The Balaban J connectivity index is 2.01. The van der Waals surface area contributed by atoms with Gasteiger partial charge in [0.25, 0.3) is 0 Å². The number of rotatable bonds is 5. The molecular formula is C47H60Si. The molecule has 1 aliphatic heterocycles. The molecule has 252 valence electrons. The van der Waals surface area contributed by atoms with Crippen LogP contribution in [0.4, 0.5) is 0 Å². The molecule has 4 aromatic rings. The number of benzene rings is 4. The van der Waals surface area contributed by atoms with Crippen LogP contribution in [-0.2, 0) is 21.7 Å². The molecule has 48 heavy (non-hydrogen) atoms. The van der Waals surface area contributed by atoms with E-state index in [1.807, 2.05) is 0 Å². The Morgan fingerprint density at radius 3 is 0.896 bits per heavy atom. The predicted molar refractivity (Wildman–Crippen MR) is 216 cm³/mol. The van der Waals surface area contributed by atoms with E-state index in [2.05, 4.69) is 194 Å². The van der Waals surface area contributed by atoms with Crippen LogP contribution >= 0.6 is 0 Å². The maximum Gasteiger partial charge on any atom is 0.118 e. The zero-order valence-corrected chi connectivity index (χ0v) is 33.4. The van der Waals surface area contributed by atoms with Crippen LogP contribution in [0.25, 0.3) is 21.5 Å². The van der Waals surface area contributed by atoms with Crippen LogP contribution in [-0.4, -0.2) is 8.07 Å². The molecule has 5 rings (SSSR count). The van der Waals surface area contributed by atoms with Gasteiger partial charge in [0.1, 0.15) is 8.07 Å². The standard InChI is InChI=1S/C47H60Si/c1-15-48(14)42(34-22-18-26-38(30-34)46(8,9)10)40(32-20-16-24-36(28-32)44(2,3)4)41(33-21-17-25-37(29-33)45(5,6)7)43(48)35-23-19-27-39(31-35)47(11,12)13/h16-31H,15H2,1-14H3. The van der Waals surface area contributed by atoms with Crippen LogP contribution in [0.3, 0.4) is 0 Å². The summed E-state index contributed by atoms with van der Waals surface area (Å²) in [7, 11) is -2.32. The minimum atomic E-state index is -2.32. The van der Waals surface area contributed by atoms with Crippen LogP contribution < -0.4 is 0 Å². The Bertz CT molecular complexity index is 1750. The molecule has 0 aliphatic carbocycles. The molecular weight excluding hydrogens is 593 g/mol. The maximum atomic E-state index is 2.65. The van der Waals surface area contributed by atoms with Crippen LogP contribution in [0.2, 0.25) is 12.6 Å². The maximum absolute atomic E-state index is 2.65. The molecule has 0 amide bonds. The summed E-state index contributed by atoms with van der Waals surface area (Å²) in [4.78, 5) is 0. The van der Waals surface area contributed by atoms with Crippen molar-refractivity contribution < 1.29 is 0 Å². The highest BCUT2D eigenvalue weighted by Gasteiger charge is 2.46. The fourth-order valence-corrected chi connectivity index (χ4v) is 11.5. The van der Waals surface area contributed by atoms with Gasteiger partial charge in [-0.2, -0.15) is 0 Å². The average Bonchev–Trinajstić information content (AvgIpc) is 3.29. The lowest BCUT2D eigenvalue weighted by Crippen LogP contribution is -2.32. The topological polar surface area (TPSA) is 0 Å². The van der Waals surface area contributed by atoms with Gasteiger partial charge in [-0.3, -0.25) is 0 Å². The number of hydrogen-bond acceptors (Lipinski definition) is 0. The van der Waals surface area contributed by atoms with Gasteiger partial charge in [0.2, 0.25) is 0 Å². The summed E-state index contributed by atoms with van der Waals surface area (Å²) in [5.74, 6) is 0. The fourth-order valence-electron chi connectivity index (χ4n) is 7.35. The third kappa shape index (κ3) is 6.86. The van der Waals surface area contributed by atoms with Gasteiger partial charge in [-0.05, 0) is 87.7 Å². The first-order valence-corrected chi connectivity index (χ1v) is 20.8. The molecule has 0 radical (unpaired) electrons. The second-order valence-electron chi connectivity index (χ2n) is 18.5. The Hall–Kier alpha value is -3.42. The number of allylic oxidation sites excluding steroid dienone is 2. The van der Waals surface area contributed by atoms with Crippen molar-refractivity contribution in [2.75, 3.05) is 0 Å². The van der Waals surface area contributed by atoms with E-state index < -0.39 is 8.07 Å². The van der Waals surface area contributed by atoms with E-state index in [-0.39, 0.29) is 21.7 Å². The third-order valence-corrected chi connectivity index (χ3v) is 15.3. The van der Waals surface area contributed by atoms with Gasteiger partial charge < -0.3 is 0 Å². The Labute approximate surface area is 294 Å². The Morgan fingerprint density at radius 1 is 0.396 bits per heavy atom. The van der Waals surface area contributed by atoms with Gasteiger partial charge in [-0.1, -0.05) is 200 Å². The molecule has 0 bridgehead atoms. The summed E-state index contributed by atoms with van der Waals surface area (Å²) in [5, 5.41) is 3.16. The molecule has 0 unspecified atom stereocenters. The molecule has 1 heteroatoms. The molecule has 1 heterocycles. The van der Waals surface area contributed by atoms with Crippen LogP contribution in [0.5, 0.6) is 0 Å². The summed E-state index contributed by atoms with van der Waals surface area (Å²) in [6.45, 7) is 33.1. The highest BCUT2D eigenvalue weighted by molar-refractivity contribution is 7.13. The second-order valence-corrected chi connectivity index (χ2v) is 22.9. The Kier molecular flexibility index (Phi) is 9.32. The van der Waals surface area contributed by atoms with Gasteiger partial charge in [-0.15, -0.1) is 0 Å². The summed E-state index contributed by atoms with van der Waals surface area (Å²) in [6, 6.07) is 39.1. The average molecular weight is 653 g/mol. The smallest absolute Gasteiger partial charge is 0.0672 e. The summed E-state index contributed by atoms with van der Waals surface area (Å²) < 4.78 is 0. The van der Waals surface area contributed by atoms with E-state index >= 15 is 0 Å². The molecule has 0 atom stereocenters. The lowest BCUT2D eigenvalue weighted by molar-refractivity contribution is 0.589. The quantitative estimate of drug-likeness (QED) is 0.188. The lowest BCUT2D eigenvalue weighted by atomic mass is 9.81. The molecule has 0 saturated heterocycles. The van der Waals surface area contributed by atoms with Crippen molar-refractivity contribution >= 4 is 29.6 Å². The monoisotopic (exact) mass is 652 g/mol. The van der Waals surface area contributed by atoms with Crippen molar-refractivity contribution in [3.8, 4) is 0 Å². The van der Waals surface area contributed by atoms with E-state index in [1.54, 1.807) is 10.4 Å². The zero-order valence-electron chi connectivity index (χ0n) is 32.4. The normalized spacial score (nSPS) is 15.8. The molecule has 4 aromatic carbocycles. The molecule has 0 aromatic heterocycles. The van der Waals surface area contributed by atoms with Crippen LogP contribution in [0, 0.1) is 0 Å². The number of hydrogen-bond donors (Lipinski definition) is 0. The lowest BCUT2D eigenvalue weighted by Gasteiger charge is -2.31. The van der Waals surface area contributed by atoms with Gasteiger partial charge in [0.15, 0.2) is 0 Å². The molecule has 0 spiro atoms. The van der Waals surface area contributed by atoms with Crippen molar-refractivity contribution in [3.05, 3.63) is 142 Å². The largest absolute Gasteiger partial charge is 0.118 e. The highest BCUT2D eigenvalue weighted by Crippen LogP contribution is 2.57. The first kappa shape index (κ1) is 35.9. The van der Waals surface area contributed by atoms with E-state index in [0.29, 0.717) is 0 Å².